The molecule has 2 rings (SSSR count). The van der Waals surface area contributed by atoms with Gasteiger partial charge < -0.3 is 9.64 Å². The predicted octanol–water partition coefficient (Wildman–Crippen LogP) is 0.254. The molecule has 0 aromatic heterocycles. The molecule has 11 heavy (non-hydrogen) atoms. The predicted molar refractivity (Wildman–Crippen MR) is 40.1 cm³/mol. The van der Waals surface area contributed by atoms with Gasteiger partial charge in [0.1, 0.15) is 0 Å². The number of carbonyl (C=O) groups excluding carboxylic acids is 1. The van der Waals surface area contributed by atoms with Gasteiger partial charge in [0, 0.05) is 6.54 Å². The van der Waals surface area contributed by atoms with E-state index in [2.05, 4.69) is 0 Å². The lowest BCUT2D eigenvalue weighted by atomic mass is 10.0. The summed E-state index contributed by atoms with van der Waals surface area (Å²) in [5, 5.41) is 0. The Labute approximate surface area is 66.3 Å². The zero-order chi connectivity index (χ0) is 7.84. The first kappa shape index (κ1) is 7.10. The van der Waals surface area contributed by atoms with Gasteiger partial charge in [-0.1, -0.05) is 0 Å². The molecule has 0 aromatic carbocycles. The standard InChI is InChI=1S/C8H13NO2/c1-2-9-7-3-6(8(9)10)4-11-5-7/h6-7H,2-5H2,1H3. The van der Waals surface area contributed by atoms with E-state index in [9.17, 15) is 4.79 Å². The number of fused-ring (bicyclic) bond motifs is 2. The molecular formula is C8H13NO2. The van der Waals surface area contributed by atoms with Crippen molar-refractivity contribution in [1.29, 1.82) is 0 Å². The molecule has 2 aliphatic rings. The van der Waals surface area contributed by atoms with Crippen molar-refractivity contribution in [2.45, 2.75) is 19.4 Å². The summed E-state index contributed by atoms with van der Waals surface area (Å²) in [5.41, 5.74) is 0. The molecule has 2 fully saturated rings. The zero-order valence-electron chi connectivity index (χ0n) is 6.75. The van der Waals surface area contributed by atoms with Gasteiger partial charge in [-0.2, -0.15) is 0 Å². The molecule has 0 aromatic rings. The van der Waals surface area contributed by atoms with Gasteiger partial charge in [-0.05, 0) is 13.3 Å². The molecule has 0 saturated carbocycles. The third kappa shape index (κ3) is 0.948. The minimum atomic E-state index is 0.175. The van der Waals surface area contributed by atoms with Crippen molar-refractivity contribution in [1.82, 2.24) is 4.90 Å². The molecule has 3 heteroatoms. The maximum absolute atomic E-state index is 11.5. The second kappa shape index (κ2) is 2.48. The first-order chi connectivity index (χ1) is 5.33. The highest BCUT2D eigenvalue weighted by Crippen LogP contribution is 2.28. The van der Waals surface area contributed by atoms with Crippen LogP contribution in [-0.4, -0.2) is 36.6 Å². The second-order valence-electron chi connectivity index (χ2n) is 3.25. The van der Waals surface area contributed by atoms with Crippen LogP contribution >= 0.6 is 0 Å². The van der Waals surface area contributed by atoms with Crippen LogP contribution in [0.2, 0.25) is 0 Å². The monoisotopic (exact) mass is 155 g/mol. The topological polar surface area (TPSA) is 29.5 Å². The fraction of sp³-hybridized carbons (Fsp3) is 0.875. The first-order valence-electron chi connectivity index (χ1n) is 4.21. The quantitative estimate of drug-likeness (QED) is 0.543. The number of likely N-dealkylation sites (tertiary alicyclic amines) is 1. The van der Waals surface area contributed by atoms with E-state index in [1.165, 1.54) is 0 Å². The van der Waals surface area contributed by atoms with Crippen LogP contribution in [0, 0.1) is 5.92 Å². The van der Waals surface area contributed by atoms with Crippen LogP contribution in [0.1, 0.15) is 13.3 Å². The molecule has 2 bridgehead atoms. The van der Waals surface area contributed by atoms with E-state index in [4.69, 9.17) is 4.74 Å². The van der Waals surface area contributed by atoms with E-state index < -0.39 is 0 Å². The summed E-state index contributed by atoms with van der Waals surface area (Å²) in [6, 6.07) is 0.381. The molecule has 0 aliphatic carbocycles. The molecule has 0 N–H and O–H groups in total. The molecule has 1 amide bonds. The molecule has 0 radical (unpaired) electrons. The molecular weight excluding hydrogens is 142 g/mol. The highest BCUT2D eigenvalue weighted by atomic mass is 16.5. The number of nitrogens with zero attached hydrogens (tertiary/aromatic N) is 1. The van der Waals surface area contributed by atoms with Gasteiger partial charge >= 0.3 is 0 Å². The highest BCUT2D eigenvalue weighted by Gasteiger charge is 2.41. The summed E-state index contributed by atoms with van der Waals surface area (Å²) >= 11 is 0. The Hall–Kier alpha value is -0.570. The number of amides is 1. The van der Waals surface area contributed by atoms with Crippen molar-refractivity contribution >= 4 is 5.91 Å². The minimum absolute atomic E-state index is 0.175. The van der Waals surface area contributed by atoms with Gasteiger partial charge in [0.15, 0.2) is 0 Å². The number of hydrogen-bond donors (Lipinski definition) is 0. The number of rotatable bonds is 1. The fourth-order valence-corrected chi connectivity index (χ4v) is 2.03. The molecule has 2 aliphatic heterocycles. The summed E-state index contributed by atoms with van der Waals surface area (Å²) in [5.74, 6) is 0.476. The van der Waals surface area contributed by atoms with Crippen molar-refractivity contribution in [3.8, 4) is 0 Å². The lowest BCUT2D eigenvalue weighted by Gasteiger charge is -2.22. The van der Waals surface area contributed by atoms with E-state index in [-0.39, 0.29) is 5.92 Å². The van der Waals surface area contributed by atoms with Crippen LogP contribution in [0.4, 0.5) is 0 Å². The van der Waals surface area contributed by atoms with Gasteiger partial charge in [0.05, 0.1) is 25.2 Å². The molecule has 0 spiro atoms. The van der Waals surface area contributed by atoms with E-state index in [1.807, 2.05) is 11.8 Å². The maximum Gasteiger partial charge on any atom is 0.228 e. The fourth-order valence-electron chi connectivity index (χ4n) is 2.03. The Balaban J connectivity index is 2.17. The Bertz CT molecular complexity index is 181. The highest BCUT2D eigenvalue weighted by molar-refractivity contribution is 5.81. The average molecular weight is 155 g/mol. The number of hydrogen-bond acceptors (Lipinski definition) is 2. The minimum Gasteiger partial charge on any atom is -0.378 e. The summed E-state index contributed by atoms with van der Waals surface area (Å²) in [6.07, 6.45) is 1.02. The Kier molecular flexibility index (Phi) is 1.60. The van der Waals surface area contributed by atoms with Crippen LogP contribution in [-0.2, 0) is 9.53 Å². The van der Waals surface area contributed by atoms with Crippen LogP contribution in [0.5, 0.6) is 0 Å². The molecule has 62 valence electrons. The molecule has 2 unspecified atom stereocenters. The third-order valence-electron chi connectivity index (χ3n) is 2.60. The molecule has 3 nitrogen and oxygen atoms in total. The van der Waals surface area contributed by atoms with Crippen molar-refractivity contribution < 1.29 is 9.53 Å². The Morgan fingerprint density at radius 1 is 1.64 bits per heavy atom. The van der Waals surface area contributed by atoms with Crippen molar-refractivity contribution in [2.24, 2.45) is 5.92 Å². The first-order valence-corrected chi connectivity index (χ1v) is 4.21. The van der Waals surface area contributed by atoms with Gasteiger partial charge in [-0.15, -0.1) is 0 Å². The summed E-state index contributed by atoms with van der Waals surface area (Å²) in [4.78, 5) is 13.4. The molecule has 2 saturated heterocycles. The van der Waals surface area contributed by atoms with Gasteiger partial charge in [-0.3, -0.25) is 4.79 Å². The zero-order valence-corrected chi connectivity index (χ0v) is 6.75. The van der Waals surface area contributed by atoms with E-state index in [1.54, 1.807) is 0 Å². The Morgan fingerprint density at radius 2 is 2.45 bits per heavy atom. The van der Waals surface area contributed by atoms with Crippen molar-refractivity contribution in [3.63, 3.8) is 0 Å². The lowest BCUT2D eigenvalue weighted by molar-refractivity contribution is -0.131. The molecule has 2 heterocycles. The summed E-state index contributed by atoms with van der Waals surface area (Å²) < 4.78 is 5.30. The van der Waals surface area contributed by atoms with Crippen LogP contribution in [0.25, 0.3) is 0 Å². The normalized spacial score (nSPS) is 36.5. The second-order valence-corrected chi connectivity index (χ2v) is 3.25. The van der Waals surface area contributed by atoms with E-state index in [0.717, 1.165) is 19.6 Å². The third-order valence-corrected chi connectivity index (χ3v) is 2.60. The average Bonchev–Trinajstić information content (AvgIpc) is 2.25. The van der Waals surface area contributed by atoms with Gasteiger partial charge in [0.2, 0.25) is 5.91 Å². The van der Waals surface area contributed by atoms with Crippen LogP contribution in [0.15, 0.2) is 0 Å². The van der Waals surface area contributed by atoms with E-state index in [0.29, 0.717) is 18.6 Å². The Morgan fingerprint density at radius 3 is 3.09 bits per heavy atom. The number of likely N-dealkylation sites (N-methyl/N-ethyl adjacent to an activating group) is 1. The number of carbonyl (C=O) groups is 1. The SMILES string of the molecule is CCN1C(=O)C2COCC1C2. The van der Waals surface area contributed by atoms with Crippen molar-refractivity contribution in [2.75, 3.05) is 19.8 Å². The van der Waals surface area contributed by atoms with Crippen molar-refractivity contribution in [3.05, 3.63) is 0 Å². The number of ether oxygens (including phenoxy) is 1. The lowest BCUT2D eigenvalue weighted by Crippen LogP contribution is -2.34. The van der Waals surface area contributed by atoms with Gasteiger partial charge in [0.25, 0.3) is 0 Å². The molecule has 2 atom stereocenters. The van der Waals surface area contributed by atoms with E-state index >= 15 is 0 Å². The van der Waals surface area contributed by atoms with Crippen LogP contribution in [0.3, 0.4) is 0 Å². The van der Waals surface area contributed by atoms with Crippen LogP contribution < -0.4 is 0 Å². The summed E-state index contributed by atoms with van der Waals surface area (Å²) in [6.45, 7) is 4.25. The summed E-state index contributed by atoms with van der Waals surface area (Å²) in [7, 11) is 0. The smallest absolute Gasteiger partial charge is 0.228 e. The largest absolute Gasteiger partial charge is 0.378 e. The maximum atomic E-state index is 11.5. The van der Waals surface area contributed by atoms with Gasteiger partial charge in [-0.25, -0.2) is 0 Å².